The van der Waals surface area contributed by atoms with Gasteiger partial charge in [-0.2, -0.15) is 5.10 Å². The SMILES string of the molecule is CCCn1cc(C=O)c(C2CCCCC2)n1. The molecule has 0 aromatic carbocycles. The molecule has 3 heteroatoms. The Kier molecular flexibility index (Phi) is 3.75. The molecule has 0 bridgehead atoms. The average Bonchev–Trinajstić information content (AvgIpc) is 2.74. The molecule has 3 nitrogen and oxygen atoms in total. The van der Waals surface area contributed by atoms with Crippen LogP contribution in [-0.2, 0) is 6.54 Å². The quantitative estimate of drug-likeness (QED) is 0.730. The van der Waals surface area contributed by atoms with Crippen LogP contribution in [0.3, 0.4) is 0 Å². The molecule has 0 N–H and O–H groups in total. The third kappa shape index (κ3) is 2.34. The zero-order chi connectivity index (χ0) is 11.4. The summed E-state index contributed by atoms with van der Waals surface area (Å²) in [4.78, 5) is 11.0. The molecule has 2 rings (SSSR count). The Balaban J connectivity index is 2.19. The van der Waals surface area contributed by atoms with Crippen LogP contribution in [0.1, 0.15) is 67.4 Å². The summed E-state index contributed by atoms with van der Waals surface area (Å²) >= 11 is 0. The van der Waals surface area contributed by atoms with Gasteiger partial charge in [0.25, 0.3) is 0 Å². The van der Waals surface area contributed by atoms with E-state index in [9.17, 15) is 4.79 Å². The van der Waals surface area contributed by atoms with Gasteiger partial charge in [0.05, 0.1) is 11.3 Å². The molecular weight excluding hydrogens is 200 g/mol. The summed E-state index contributed by atoms with van der Waals surface area (Å²) in [5.41, 5.74) is 1.85. The Labute approximate surface area is 96.8 Å². The van der Waals surface area contributed by atoms with Gasteiger partial charge in [-0.25, -0.2) is 0 Å². The highest BCUT2D eigenvalue weighted by Gasteiger charge is 2.21. The predicted molar refractivity (Wildman–Crippen MR) is 63.7 cm³/mol. The second-order valence-corrected chi connectivity index (χ2v) is 4.69. The van der Waals surface area contributed by atoms with E-state index in [0.717, 1.165) is 30.5 Å². The molecule has 88 valence electrons. The first-order chi connectivity index (χ1) is 7.85. The van der Waals surface area contributed by atoms with Crippen molar-refractivity contribution in [2.75, 3.05) is 0 Å². The van der Waals surface area contributed by atoms with Crippen molar-refractivity contribution in [2.24, 2.45) is 0 Å². The molecule has 0 saturated heterocycles. The smallest absolute Gasteiger partial charge is 0.153 e. The van der Waals surface area contributed by atoms with Crippen molar-refractivity contribution < 1.29 is 4.79 Å². The lowest BCUT2D eigenvalue weighted by molar-refractivity contribution is 0.112. The largest absolute Gasteiger partial charge is 0.298 e. The van der Waals surface area contributed by atoms with Crippen molar-refractivity contribution in [3.05, 3.63) is 17.5 Å². The Morgan fingerprint density at radius 1 is 1.44 bits per heavy atom. The summed E-state index contributed by atoms with van der Waals surface area (Å²) in [6.45, 7) is 3.04. The maximum Gasteiger partial charge on any atom is 0.153 e. The molecule has 0 aliphatic heterocycles. The molecule has 1 aliphatic rings. The summed E-state index contributed by atoms with van der Waals surface area (Å²) in [6, 6.07) is 0. The zero-order valence-electron chi connectivity index (χ0n) is 9.98. The first-order valence-corrected chi connectivity index (χ1v) is 6.37. The lowest BCUT2D eigenvalue weighted by atomic mass is 9.86. The average molecular weight is 220 g/mol. The van der Waals surface area contributed by atoms with Gasteiger partial charge in [0.2, 0.25) is 0 Å². The summed E-state index contributed by atoms with van der Waals surface area (Å²) in [5, 5.41) is 4.58. The number of aromatic nitrogens is 2. The Morgan fingerprint density at radius 2 is 2.19 bits per heavy atom. The van der Waals surface area contributed by atoms with E-state index in [1.807, 2.05) is 10.9 Å². The van der Waals surface area contributed by atoms with Gasteiger partial charge in [-0.3, -0.25) is 9.48 Å². The number of rotatable bonds is 4. The molecule has 1 aromatic heterocycles. The van der Waals surface area contributed by atoms with E-state index in [1.165, 1.54) is 32.1 Å². The fourth-order valence-electron chi connectivity index (χ4n) is 2.58. The van der Waals surface area contributed by atoms with E-state index >= 15 is 0 Å². The Hall–Kier alpha value is -1.12. The molecule has 1 saturated carbocycles. The second-order valence-electron chi connectivity index (χ2n) is 4.69. The molecular formula is C13H20N2O. The van der Waals surface area contributed by atoms with Crippen LogP contribution in [0.2, 0.25) is 0 Å². The predicted octanol–water partition coefficient (Wildman–Crippen LogP) is 3.15. The van der Waals surface area contributed by atoms with Gasteiger partial charge in [0.1, 0.15) is 0 Å². The minimum atomic E-state index is 0.520. The molecule has 0 atom stereocenters. The maximum absolute atomic E-state index is 11.0. The topological polar surface area (TPSA) is 34.9 Å². The van der Waals surface area contributed by atoms with Crippen molar-refractivity contribution in [1.82, 2.24) is 9.78 Å². The fourth-order valence-corrected chi connectivity index (χ4v) is 2.58. The normalized spacial score (nSPS) is 17.6. The standard InChI is InChI=1S/C13H20N2O/c1-2-8-15-9-12(10-16)13(14-15)11-6-4-3-5-7-11/h9-11H,2-8H2,1H3. The summed E-state index contributed by atoms with van der Waals surface area (Å²) in [6.07, 6.45) is 10.2. The van der Waals surface area contributed by atoms with Gasteiger partial charge >= 0.3 is 0 Å². The van der Waals surface area contributed by atoms with Crippen LogP contribution in [0, 0.1) is 0 Å². The van der Waals surface area contributed by atoms with E-state index < -0.39 is 0 Å². The number of aldehydes is 1. The molecule has 0 radical (unpaired) electrons. The molecule has 1 aliphatic carbocycles. The molecule has 16 heavy (non-hydrogen) atoms. The molecule has 1 fully saturated rings. The second kappa shape index (κ2) is 5.28. The number of hydrogen-bond donors (Lipinski definition) is 0. The van der Waals surface area contributed by atoms with Gasteiger partial charge in [0.15, 0.2) is 6.29 Å². The zero-order valence-corrected chi connectivity index (χ0v) is 9.98. The van der Waals surface area contributed by atoms with Gasteiger partial charge in [-0.15, -0.1) is 0 Å². The molecule has 1 aromatic rings. The van der Waals surface area contributed by atoms with Crippen molar-refractivity contribution in [3.8, 4) is 0 Å². The monoisotopic (exact) mass is 220 g/mol. The van der Waals surface area contributed by atoms with E-state index in [1.54, 1.807) is 0 Å². The molecule has 0 unspecified atom stereocenters. The van der Waals surface area contributed by atoms with Crippen LogP contribution >= 0.6 is 0 Å². The number of carbonyl (C=O) groups excluding carboxylic acids is 1. The Morgan fingerprint density at radius 3 is 2.81 bits per heavy atom. The lowest BCUT2D eigenvalue weighted by Gasteiger charge is -2.20. The first-order valence-electron chi connectivity index (χ1n) is 6.37. The Bertz CT molecular complexity index is 351. The van der Waals surface area contributed by atoms with E-state index in [2.05, 4.69) is 12.0 Å². The first kappa shape index (κ1) is 11.4. The van der Waals surface area contributed by atoms with E-state index in [4.69, 9.17) is 0 Å². The van der Waals surface area contributed by atoms with Crippen LogP contribution in [0.4, 0.5) is 0 Å². The minimum Gasteiger partial charge on any atom is -0.298 e. The highest BCUT2D eigenvalue weighted by atomic mass is 16.1. The van der Waals surface area contributed by atoms with E-state index in [-0.39, 0.29) is 0 Å². The van der Waals surface area contributed by atoms with Gasteiger partial charge in [-0.1, -0.05) is 26.2 Å². The van der Waals surface area contributed by atoms with Crippen LogP contribution in [0.15, 0.2) is 6.20 Å². The fraction of sp³-hybridized carbons (Fsp3) is 0.692. The number of nitrogens with zero attached hydrogens (tertiary/aromatic N) is 2. The van der Waals surface area contributed by atoms with Gasteiger partial charge in [0, 0.05) is 18.7 Å². The van der Waals surface area contributed by atoms with Crippen LogP contribution < -0.4 is 0 Å². The van der Waals surface area contributed by atoms with Gasteiger partial charge in [-0.05, 0) is 19.3 Å². The lowest BCUT2D eigenvalue weighted by Crippen LogP contribution is -2.08. The summed E-state index contributed by atoms with van der Waals surface area (Å²) < 4.78 is 1.92. The van der Waals surface area contributed by atoms with E-state index in [0.29, 0.717) is 5.92 Å². The van der Waals surface area contributed by atoms with Gasteiger partial charge < -0.3 is 0 Å². The number of carbonyl (C=O) groups is 1. The molecule has 1 heterocycles. The maximum atomic E-state index is 11.0. The third-order valence-corrected chi connectivity index (χ3v) is 3.39. The third-order valence-electron chi connectivity index (χ3n) is 3.39. The highest BCUT2D eigenvalue weighted by molar-refractivity contribution is 5.76. The van der Waals surface area contributed by atoms with Crippen LogP contribution in [0.25, 0.3) is 0 Å². The number of aryl methyl sites for hydroxylation is 1. The van der Waals surface area contributed by atoms with Crippen molar-refractivity contribution in [3.63, 3.8) is 0 Å². The summed E-state index contributed by atoms with van der Waals surface area (Å²) in [7, 11) is 0. The summed E-state index contributed by atoms with van der Waals surface area (Å²) in [5.74, 6) is 0.520. The molecule has 0 spiro atoms. The number of hydrogen-bond acceptors (Lipinski definition) is 2. The molecule has 0 amide bonds. The van der Waals surface area contributed by atoms with Crippen molar-refractivity contribution in [1.29, 1.82) is 0 Å². The van der Waals surface area contributed by atoms with Crippen LogP contribution in [-0.4, -0.2) is 16.1 Å². The highest BCUT2D eigenvalue weighted by Crippen LogP contribution is 2.33. The minimum absolute atomic E-state index is 0.520. The van der Waals surface area contributed by atoms with Crippen LogP contribution in [0.5, 0.6) is 0 Å². The van der Waals surface area contributed by atoms with Crippen molar-refractivity contribution >= 4 is 6.29 Å². The van der Waals surface area contributed by atoms with Crippen molar-refractivity contribution in [2.45, 2.75) is 57.9 Å².